The number of phenolic OH excluding ortho intramolecular Hbond substituents is 4. The molecule has 2 aliphatic rings. The summed E-state index contributed by atoms with van der Waals surface area (Å²) in [4.78, 5) is 0. The molecule has 0 atom stereocenters. The first-order valence-electron chi connectivity index (χ1n) is 16.9. The molecule has 0 radical (unpaired) electrons. The molecule has 0 amide bonds. The Morgan fingerprint density at radius 3 is 1.06 bits per heavy atom. The largest absolute Gasteiger partial charge is 0.506 e. The van der Waals surface area contributed by atoms with Gasteiger partial charge in [0.05, 0.1) is 0 Å². The first kappa shape index (κ1) is 37.6. The monoisotopic (exact) mass is 704 g/mol. The minimum atomic E-state index is 0. The molecule has 2 aliphatic carbocycles. The van der Waals surface area contributed by atoms with Crippen LogP contribution in [-0.2, 0) is 42.8 Å². The zero-order valence-electron chi connectivity index (χ0n) is 29.9. The van der Waals surface area contributed by atoms with Crippen LogP contribution in [0.3, 0.4) is 0 Å². The van der Waals surface area contributed by atoms with Gasteiger partial charge >= 0.3 is 0 Å². The van der Waals surface area contributed by atoms with Crippen LogP contribution in [0, 0.1) is 55.4 Å². The van der Waals surface area contributed by atoms with E-state index in [9.17, 15) is 20.4 Å². The smallest absolute Gasteiger partial charge is 0.146 e. The van der Waals surface area contributed by atoms with Crippen molar-refractivity contribution in [2.45, 2.75) is 107 Å². The molecule has 4 aromatic carbocycles. The molecule has 4 aromatic rings. The van der Waals surface area contributed by atoms with E-state index in [1.165, 1.54) is 24.0 Å². The van der Waals surface area contributed by atoms with Gasteiger partial charge < -0.3 is 20.4 Å². The van der Waals surface area contributed by atoms with Crippen LogP contribution >= 0.6 is 0 Å². The van der Waals surface area contributed by atoms with E-state index < -0.39 is 0 Å². The van der Waals surface area contributed by atoms with Crippen LogP contribution in [0.5, 0.6) is 23.0 Å². The Labute approximate surface area is 300 Å². The molecule has 0 bridgehead atoms. The van der Waals surface area contributed by atoms with Gasteiger partial charge in [-0.25, -0.2) is 0 Å². The van der Waals surface area contributed by atoms with Crippen LogP contribution in [0.4, 0.5) is 22.7 Å². The summed E-state index contributed by atoms with van der Waals surface area (Å²) in [5.41, 5.74) is 14.6. The van der Waals surface area contributed by atoms with Gasteiger partial charge in [0.2, 0.25) is 0 Å². The molecule has 4 N–H and O–H groups in total. The number of phenols is 4. The Morgan fingerprint density at radius 2 is 0.694 bits per heavy atom. The fourth-order valence-electron chi connectivity index (χ4n) is 6.81. The Morgan fingerprint density at radius 1 is 0.388 bits per heavy atom. The maximum Gasteiger partial charge on any atom is 0.146 e. The summed E-state index contributed by atoms with van der Waals surface area (Å²) in [6.07, 6.45) is 8.41. The van der Waals surface area contributed by atoms with E-state index in [1.807, 2.05) is 67.5 Å². The van der Waals surface area contributed by atoms with E-state index in [-0.39, 0.29) is 40.1 Å². The first-order chi connectivity index (χ1) is 22.8. The van der Waals surface area contributed by atoms with Crippen molar-refractivity contribution in [2.75, 3.05) is 0 Å². The molecule has 0 heterocycles. The maximum atomic E-state index is 10.5. The van der Waals surface area contributed by atoms with E-state index in [0.29, 0.717) is 22.7 Å². The molecule has 0 saturated heterocycles. The van der Waals surface area contributed by atoms with E-state index >= 15 is 0 Å². The van der Waals surface area contributed by atoms with Gasteiger partial charge in [-0.2, -0.15) is 0 Å². The van der Waals surface area contributed by atoms with Crippen LogP contribution in [0.1, 0.15) is 92.4 Å². The van der Waals surface area contributed by atoms with Gasteiger partial charge in [-0.1, -0.05) is 12.1 Å². The second kappa shape index (κ2) is 15.6. The van der Waals surface area contributed by atoms with E-state index in [1.54, 1.807) is 12.1 Å². The minimum absolute atomic E-state index is 0. The number of benzene rings is 4. The number of rotatable bonds is 4. The predicted molar refractivity (Wildman–Crippen MR) is 192 cm³/mol. The fourth-order valence-corrected chi connectivity index (χ4v) is 6.81. The topological polar surface area (TPSA) is 130 Å². The van der Waals surface area contributed by atoms with Crippen molar-refractivity contribution in [3.05, 3.63) is 91.0 Å². The van der Waals surface area contributed by atoms with Gasteiger partial charge in [0.15, 0.2) is 0 Å². The summed E-state index contributed by atoms with van der Waals surface area (Å²) < 4.78 is 0. The van der Waals surface area contributed by atoms with E-state index in [4.69, 9.17) is 0 Å². The summed E-state index contributed by atoms with van der Waals surface area (Å²) in [6.45, 7) is 15.7. The molecule has 0 aromatic heterocycles. The summed E-state index contributed by atoms with van der Waals surface area (Å²) in [5.74, 6) is 0.640. The van der Waals surface area contributed by atoms with Crippen molar-refractivity contribution in [3.63, 3.8) is 0 Å². The zero-order valence-corrected chi connectivity index (χ0v) is 31.0. The number of azo groups is 2. The zero-order chi connectivity index (χ0) is 34.9. The van der Waals surface area contributed by atoms with Crippen LogP contribution in [0.25, 0.3) is 0 Å². The van der Waals surface area contributed by atoms with Crippen molar-refractivity contribution < 1.29 is 37.5 Å². The number of hydrogen-bond donors (Lipinski definition) is 4. The van der Waals surface area contributed by atoms with E-state index in [0.717, 1.165) is 94.2 Å². The van der Waals surface area contributed by atoms with Crippen molar-refractivity contribution in [1.82, 2.24) is 0 Å². The van der Waals surface area contributed by atoms with Gasteiger partial charge in [-0.3, -0.25) is 0 Å². The predicted octanol–water partition coefficient (Wildman–Crippen LogP) is 11.2. The van der Waals surface area contributed by atoms with E-state index in [2.05, 4.69) is 20.5 Å². The molecule has 49 heavy (non-hydrogen) atoms. The second-order valence-corrected chi connectivity index (χ2v) is 13.4. The maximum absolute atomic E-state index is 10.5. The van der Waals surface area contributed by atoms with Crippen LogP contribution in [0.2, 0.25) is 0 Å². The molecule has 9 heteroatoms. The van der Waals surface area contributed by atoms with Crippen molar-refractivity contribution in [1.29, 1.82) is 0 Å². The number of aromatic hydroxyl groups is 4. The van der Waals surface area contributed by atoms with Gasteiger partial charge in [0.25, 0.3) is 0 Å². The Bertz CT molecular complexity index is 1770. The molecule has 6 rings (SSSR count). The summed E-state index contributed by atoms with van der Waals surface area (Å²) in [7, 11) is 0. The van der Waals surface area contributed by atoms with Crippen LogP contribution in [0.15, 0.2) is 44.7 Å². The number of fused-ring (bicyclic) bond motifs is 2. The Hall–Kier alpha value is -4.20. The fraction of sp³-hybridized carbons (Fsp3) is 0.400. The molecular weight excluding hydrogens is 656 g/mol. The molecule has 0 aliphatic heterocycles. The van der Waals surface area contributed by atoms with Crippen LogP contribution < -0.4 is 0 Å². The third kappa shape index (κ3) is 7.38. The number of nitrogens with zero attached hydrogens (tertiary/aromatic N) is 4. The molecule has 260 valence electrons. The van der Waals surface area contributed by atoms with Crippen molar-refractivity contribution >= 4 is 22.7 Å². The Kier molecular flexibility index (Phi) is 11.9. The summed E-state index contributed by atoms with van der Waals surface area (Å²) in [6, 6.07) is 7.34. The van der Waals surface area contributed by atoms with Crippen LogP contribution in [-0.4, -0.2) is 20.4 Å². The molecule has 0 fully saturated rings. The average molecular weight is 705 g/mol. The quantitative estimate of drug-likeness (QED) is 0.124. The molecule has 0 unspecified atom stereocenters. The molecule has 0 spiro atoms. The summed E-state index contributed by atoms with van der Waals surface area (Å²) >= 11 is 0. The second-order valence-electron chi connectivity index (χ2n) is 13.4. The van der Waals surface area contributed by atoms with Gasteiger partial charge in [-0.05, 0) is 186 Å². The summed E-state index contributed by atoms with van der Waals surface area (Å²) in [5, 5.41) is 58.7. The van der Waals surface area contributed by atoms with Gasteiger partial charge in [0.1, 0.15) is 45.7 Å². The number of hydrogen-bond acceptors (Lipinski definition) is 8. The first-order valence-corrected chi connectivity index (χ1v) is 16.9. The molecular formula is C40H48FeN4O4. The van der Waals surface area contributed by atoms with Gasteiger partial charge in [0, 0.05) is 17.1 Å². The SMILES string of the molecule is Cc1c(C)c(C)c(N=Nc2c(O)ccc3c2CCCC3)c(O)c1C.Cc1c(C)c(C)c(N=Nc2c(O)ccc3c2CCCC3)c(O)c1C.[Fe]. The van der Waals surface area contributed by atoms with Gasteiger partial charge in [-0.15, -0.1) is 20.5 Å². The third-order valence-electron chi connectivity index (χ3n) is 10.7. The molecule has 8 nitrogen and oxygen atoms in total. The minimum Gasteiger partial charge on any atom is -0.506 e. The normalized spacial score (nSPS) is 13.9. The Balaban J connectivity index is 0.000000216. The standard InChI is InChI=1S/2C20H24N2O2.Fe/c2*1-11-12(2)14(4)20(24)18(13(11)3)21-22-19-16-8-6-5-7-15(16)9-10-17(19)23;/h2*9-10,23-24H,5-8H2,1-4H3;. The molecule has 0 saturated carbocycles. The van der Waals surface area contributed by atoms with Crippen molar-refractivity contribution in [2.24, 2.45) is 20.5 Å². The average Bonchev–Trinajstić information content (AvgIpc) is 3.10. The number of aryl methyl sites for hydroxylation is 2. The third-order valence-corrected chi connectivity index (χ3v) is 10.7. The van der Waals surface area contributed by atoms with Crippen molar-refractivity contribution in [3.8, 4) is 23.0 Å².